The van der Waals surface area contributed by atoms with E-state index < -0.39 is 0 Å². The van der Waals surface area contributed by atoms with E-state index in [1.54, 1.807) is 17.8 Å². The summed E-state index contributed by atoms with van der Waals surface area (Å²) in [4.78, 5) is 4.09. The van der Waals surface area contributed by atoms with Crippen LogP contribution in [0.1, 0.15) is 13.3 Å². The van der Waals surface area contributed by atoms with Gasteiger partial charge >= 0.3 is 0 Å². The number of hydrogen-bond donors (Lipinski definition) is 1. The summed E-state index contributed by atoms with van der Waals surface area (Å²) >= 11 is 13.2. The highest BCUT2D eigenvalue weighted by molar-refractivity contribution is 7.99. The highest BCUT2D eigenvalue weighted by Crippen LogP contribution is 2.30. The normalized spacial score (nSPS) is 10.4. The van der Waals surface area contributed by atoms with Crippen molar-refractivity contribution in [3.8, 4) is 0 Å². The van der Waals surface area contributed by atoms with E-state index in [4.69, 9.17) is 28.9 Å². The zero-order valence-electron chi connectivity index (χ0n) is 7.18. The van der Waals surface area contributed by atoms with E-state index in [1.807, 2.05) is 0 Å². The summed E-state index contributed by atoms with van der Waals surface area (Å²) in [5.74, 6) is 1.00. The Morgan fingerprint density at radius 1 is 1.54 bits per heavy atom. The molecule has 1 heterocycles. The Morgan fingerprint density at radius 3 is 2.77 bits per heavy atom. The zero-order valence-corrected chi connectivity index (χ0v) is 9.51. The largest absolute Gasteiger partial charge is 0.395 e. The molecule has 72 valence electrons. The minimum absolute atomic E-state index is 0.283. The molecule has 0 aliphatic heterocycles. The molecule has 0 aromatic carbocycles. The molecule has 0 radical (unpaired) electrons. The van der Waals surface area contributed by atoms with Gasteiger partial charge in [0.15, 0.2) is 5.15 Å². The van der Waals surface area contributed by atoms with Crippen molar-refractivity contribution < 1.29 is 0 Å². The fourth-order valence-electron chi connectivity index (χ4n) is 0.755. The van der Waals surface area contributed by atoms with Gasteiger partial charge in [-0.15, -0.1) is 11.8 Å². The first-order valence-electron chi connectivity index (χ1n) is 3.89. The number of rotatable bonds is 3. The molecule has 0 amide bonds. The molecule has 0 unspecified atom stereocenters. The summed E-state index contributed by atoms with van der Waals surface area (Å²) in [7, 11) is 0. The Morgan fingerprint density at radius 2 is 2.23 bits per heavy atom. The van der Waals surface area contributed by atoms with Gasteiger partial charge in [0.05, 0.1) is 15.7 Å². The summed E-state index contributed by atoms with van der Waals surface area (Å²) in [6, 6.07) is 1.74. The van der Waals surface area contributed by atoms with Crippen LogP contribution in [0.25, 0.3) is 0 Å². The molecule has 2 N–H and O–H groups in total. The maximum atomic E-state index is 5.84. The smallest absolute Gasteiger partial charge is 0.154 e. The molecule has 0 aliphatic carbocycles. The molecular formula is C8H10Cl2N2S. The van der Waals surface area contributed by atoms with Crippen molar-refractivity contribution in [2.24, 2.45) is 0 Å². The minimum Gasteiger partial charge on any atom is -0.395 e. The predicted octanol–water partition coefficient (Wildman–Crippen LogP) is 3.47. The molecule has 13 heavy (non-hydrogen) atoms. The molecule has 0 saturated carbocycles. The van der Waals surface area contributed by atoms with Crippen molar-refractivity contribution in [1.82, 2.24) is 4.98 Å². The second-order valence-corrected chi connectivity index (χ2v) is 4.38. The zero-order chi connectivity index (χ0) is 9.84. The van der Waals surface area contributed by atoms with Gasteiger partial charge < -0.3 is 5.73 Å². The Bertz CT molecular complexity index is 281. The predicted molar refractivity (Wildman–Crippen MR) is 59.7 cm³/mol. The van der Waals surface area contributed by atoms with Crippen molar-refractivity contribution in [3.63, 3.8) is 0 Å². The minimum atomic E-state index is 0.283. The van der Waals surface area contributed by atoms with E-state index in [0.29, 0.717) is 10.7 Å². The third-order valence-corrected chi connectivity index (χ3v) is 3.11. The average Bonchev–Trinajstić information content (AvgIpc) is 2.10. The highest BCUT2D eigenvalue weighted by Gasteiger charge is 2.06. The van der Waals surface area contributed by atoms with Gasteiger partial charge in [-0.25, -0.2) is 4.98 Å². The lowest BCUT2D eigenvalue weighted by molar-refractivity contribution is 1.08. The summed E-state index contributed by atoms with van der Waals surface area (Å²) in [6.07, 6.45) is 1.09. The third kappa shape index (κ3) is 2.93. The summed E-state index contributed by atoms with van der Waals surface area (Å²) < 4.78 is 0. The van der Waals surface area contributed by atoms with Gasteiger partial charge in [-0.2, -0.15) is 0 Å². The van der Waals surface area contributed by atoms with E-state index in [2.05, 4.69) is 11.9 Å². The molecule has 0 fully saturated rings. The number of thioether (sulfide) groups is 1. The number of pyridine rings is 1. The van der Waals surface area contributed by atoms with Gasteiger partial charge in [-0.1, -0.05) is 30.1 Å². The fourth-order valence-corrected chi connectivity index (χ4v) is 2.07. The number of nitrogen functional groups attached to an aromatic ring is 1. The van der Waals surface area contributed by atoms with Crippen LogP contribution in [0.15, 0.2) is 11.1 Å². The number of nitrogens with zero attached hydrogens (tertiary/aromatic N) is 1. The fraction of sp³-hybridized carbons (Fsp3) is 0.375. The summed E-state index contributed by atoms with van der Waals surface area (Å²) in [6.45, 7) is 2.10. The lowest BCUT2D eigenvalue weighted by Gasteiger charge is -2.03. The average molecular weight is 237 g/mol. The summed E-state index contributed by atoms with van der Waals surface area (Å²) in [5.41, 5.74) is 5.89. The van der Waals surface area contributed by atoms with Gasteiger partial charge in [0.25, 0.3) is 0 Å². The molecule has 1 aromatic heterocycles. The lowest BCUT2D eigenvalue weighted by atomic mass is 10.4. The van der Waals surface area contributed by atoms with Gasteiger partial charge in [-0.3, -0.25) is 0 Å². The molecule has 2 nitrogen and oxygen atoms in total. The first-order valence-corrected chi connectivity index (χ1v) is 5.63. The topological polar surface area (TPSA) is 38.9 Å². The molecule has 5 heteroatoms. The van der Waals surface area contributed by atoms with E-state index >= 15 is 0 Å². The van der Waals surface area contributed by atoms with Crippen LogP contribution in [-0.4, -0.2) is 10.7 Å². The van der Waals surface area contributed by atoms with Gasteiger partial charge in [-0.05, 0) is 18.2 Å². The molecule has 1 aromatic rings. The van der Waals surface area contributed by atoms with Crippen LogP contribution in [0.5, 0.6) is 0 Å². The van der Waals surface area contributed by atoms with Crippen LogP contribution in [-0.2, 0) is 0 Å². The quantitative estimate of drug-likeness (QED) is 0.646. The van der Waals surface area contributed by atoms with Crippen LogP contribution in [0.4, 0.5) is 5.69 Å². The van der Waals surface area contributed by atoms with E-state index in [-0.39, 0.29) is 5.15 Å². The molecule has 0 atom stereocenters. The number of anilines is 1. The molecule has 0 saturated heterocycles. The van der Waals surface area contributed by atoms with Crippen molar-refractivity contribution in [2.75, 3.05) is 11.5 Å². The standard InChI is InChI=1S/C8H10Cl2N2S/c1-2-3-13-6-4-5(9)7(11)8(10)12-6/h4H,2-3,11H2,1H3. The van der Waals surface area contributed by atoms with Crippen LogP contribution in [0, 0.1) is 0 Å². The first kappa shape index (κ1) is 11.0. The number of aromatic nitrogens is 1. The van der Waals surface area contributed by atoms with E-state index in [1.165, 1.54) is 0 Å². The van der Waals surface area contributed by atoms with Gasteiger partial charge in [0.2, 0.25) is 0 Å². The Balaban J connectivity index is 2.86. The van der Waals surface area contributed by atoms with Gasteiger partial charge in [0.1, 0.15) is 0 Å². The lowest BCUT2D eigenvalue weighted by Crippen LogP contribution is -1.92. The Labute approximate surface area is 91.8 Å². The van der Waals surface area contributed by atoms with Crippen LogP contribution in [0.3, 0.4) is 0 Å². The van der Waals surface area contributed by atoms with E-state index in [9.17, 15) is 0 Å². The van der Waals surface area contributed by atoms with Gasteiger partial charge in [0, 0.05) is 0 Å². The second-order valence-electron chi connectivity index (χ2n) is 2.50. The summed E-state index contributed by atoms with van der Waals surface area (Å²) in [5, 5.41) is 1.58. The van der Waals surface area contributed by atoms with Crippen molar-refractivity contribution >= 4 is 40.7 Å². The molecule has 0 bridgehead atoms. The molecule has 0 spiro atoms. The number of halogens is 2. The molecule has 1 rings (SSSR count). The van der Waals surface area contributed by atoms with Crippen LogP contribution < -0.4 is 5.73 Å². The Hall–Kier alpha value is -0.120. The third-order valence-electron chi connectivity index (χ3n) is 1.39. The first-order chi connectivity index (χ1) is 6.15. The van der Waals surface area contributed by atoms with Crippen LogP contribution in [0.2, 0.25) is 10.2 Å². The van der Waals surface area contributed by atoms with Crippen molar-refractivity contribution in [2.45, 2.75) is 18.4 Å². The maximum Gasteiger partial charge on any atom is 0.154 e. The second kappa shape index (κ2) is 4.94. The van der Waals surface area contributed by atoms with Crippen molar-refractivity contribution in [3.05, 3.63) is 16.2 Å². The molecule has 0 aliphatic rings. The number of hydrogen-bond acceptors (Lipinski definition) is 3. The maximum absolute atomic E-state index is 5.84. The van der Waals surface area contributed by atoms with Crippen LogP contribution >= 0.6 is 35.0 Å². The van der Waals surface area contributed by atoms with E-state index in [0.717, 1.165) is 17.2 Å². The van der Waals surface area contributed by atoms with Crippen molar-refractivity contribution in [1.29, 1.82) is 0 Å². The number of nitrogens with two attached hydrogens (primary N) is 1. The monoisotopic (exact) mass is 236 g/mol. The Kier molecular flexibility index (Phi) is 4.16. The molecular weight excluding hydrogens is 227 g/mol. The SMILES string of the molecule is CCCSc1cc(Cl)c(N)c(Cl)n1. The highest BCUT2D eigenvalue weighted by atomic mass is 35.5.